The Hall–Kier alpha value is -0.640. The molecule has 0 fully saturated rings. The van der Waals surface area contributed by atoms with E-state index in [1.165, 1.54) is 13.2 Å². The zero-order chi connectivity index (χ0) is 11.2. The van der Waals surface area contributed by atoms with Gasteiger partial charge in [0.1, 0.15) is 6.10 Å². The number of hydrogen-bond acceptors (Lipinski definition) is 3. The Balaban J connectivity index is 4.05. The summed E-state index contributed by atoms with van der Waals surface area (Å²) in [4.78, 5) is 9.59. The normalized spacial score (nSPS) is 17.1. The average molecular weight is 200 g/mol. The molecule has 1 N–H and O–H groups in total. The van der Waals surface area contributed by atoms with Gasteiger partial charge in [-0.3, -0.25) is 0 Å². The lowest BCUT2D eigenvalue weighted by Crippen LogP contribution is -2.24. The van der Waals surface area contributed by atoms with Crippen LogP contribution in [0, 0.1) is 0 Å². The second kappa shape index (κ2) is 5.96. The maximum atomic E-state index is 9.68. The van der Waals surface area contributed by atoms with Crippen molar-refractivity contribution >= 4 is 0 Å². The van der Waals surface area contributed by atoms with Crippen LogP contribution in [0.25, 0.3) is 0 Å². The molecule has 82 valence electrons. The highest BCUT2D eigenvalue weighted by Gasteiger charge is 2.19. The highest BCUT2D eigenvalue weighted by Crippen LogP contribution is 2.19. The molecule has 0 amide bonds. The smallest absolute Gasteiger partial charge is 0.114 e. The van der Waals surface area contributed by atoms with Crippen LogP contribution in [0.1, 0.15) is 26.7 Å². The average Bonchev–Trinajstić information content (AvgIpc) is 2.12. The summed E-state index contributed by atoms with van der Waals surface area (Å²) < 4.78 is 0. The molecule has 0 aromatic carbocycles. The van der Waals surface area contributed by atoms with Gasteiger partial charge >= 0.3 is 0 Å². The summed E-state index contributed by atoms with van der Waals surface area (Å²) in [5, 5.41) is 9.68. The van der Waals surface area contributed by atoms with Crippen LogP contribution in [0.2, 0.25) is 0 Å². The Labute approximate surface area is 86.0 Å². The molecule has 0 rings (SSSR count). The van der Waals surface area contributed by atoms with Crippen LogP contribution in [0.15, 0.2) is 24.8 Å². The lowest BCUT2D eigenvalue weighted by molar-refractivity contribution is -0.297. The number of rotatable bonds is 7. The van der Waals surface area contributed by atoms with E-state index in [4.69, 9.17) is 4.89 Å². The van der Waals surface area contributed by atoms with Crippen molar-refractivity contribution < 1.29 is 14.9 Å². The van der Waals surface area contributed by atoms with Gasteiger partial charge in [0.15, 0.2) is 0 Å². The van der Waals surface area contributed by atoms with E-state index >= 15 is 0 Å². The first-order valence-electron chi connectivity index (χ1n) is 4.64. The van der Waals surface area contributed by atoms with E-state index in [1.54, 1.807) is 6.92 Å². The molecule has 0 aliphatic carbocycles. The molecule has 0 aromatic heterocycles. The largest absolute Gasteiger partial charge is 0.386 e. The van der Waals surface area contributed by atoms with Crippen molar-refractivity contribution in [1.82, 2.24) is 0 Å². The second-order valence-electron chi connectivity index (χ2n) is 3.70. The van der Waals surface area contributed by atoms with Gasteiger partial charge < -0.3 is 5.11 Å². The quantitative estimate of drug-likeness (QED) is 0.389. The fourth-order valence-electron chi connectivity index (χ4n) is 1.02. The Morgan fingerprint density at radius 2 is 2.21 bits per heavy atom. The third-order valence-corrected chi connectivity index (χ3v) is 2.11. The minimum atomic E-state index is -0.856. The summed E-state index contributed by atoms with van der Waals surface area (Å²) in [5.74, 6) is 0. The van der Waals surface area contributed by atoms with Gasteiger partial charge in [0.2, 0.25) is 0 Å². The first kappa shape index (κ1) is 13.4. The van der Waals surface area contributed by atoms with Gasteiger partial charge in [0.25, 0.3) is 0 Å². The molecule has 0 spiro atoms. The van der Waals surface area contributed by atoms with Gasteiger partial charge in [-0.1, -0.05) is 12.7 Å². The Morgan fingerprint density at radius 1 is 1.64 bits per heavy atom. The maximum Gasteiger partial charge on any atom is 0.114 e. The molecule has 0 bridgehead atoms. The molecule has 0 aliphatic heterocycles. The number of hydrogen-bond donors (Lipinski definition) is 1. The fourth-order valence-corrected chi connectivity index (χ4v) is 1.02. The van der Waals surface area contributed by atoms with Crippen molar-refractivity contribution in [3.63, 3.8) is 0 Å². The van der Waals surface area contributed by atoms with Crippen molar-refractivity contribution in [2.24, 2.45) is 0 Å². The Kier molecular flexibility index (Phi) is 5.69. The molecule has 2 atom stereocenters. The summed E-state index contributed by atoms with van der Waals surface area (Å²) in [6.45, 7) is 10.9. The van der Waals surface area contributed by atoms with E-state index < -0.39 is 5.60 Å². The molecule has 0 heterocycles. The van der Waals surface area contributed by atoms with Crippen LogP contribution in [0.3, 0.4) is 0 Å². The molecule has 2 unspecified atom stereocenters. The van der Waals surface area contributed by atoms with Crippen molar-refractivity contribution in [2.45, 2.75) is 38.4 Å². The molecule has 3 nitrogen and oxygen atoms in total. The molecular weight excluding hydrogens is 180 g/mol. The van der Waals surface area contributed by atoms with Crippen LogP contribution in [0.5, 0.6) is 0 Å². The SMILES string of the molecule is C=CC(C)(O)CCC(OOC)C(=C)C. The van der Waals surface area contributed by atoms with Crippen LogP contribution in [-0.2, 0) is 9.78 Å². The third-order valence-electron chi connectivity index (χ3n) is 2.11. The van der Waals surface area contributed by atoms with Gasteiger partial charge in [0, 0.05) is 0 Å². The van der Waals surface area contributed by atoms with Gasteiger partial charge in [-0.15, -0.1) is 6.58 Å². The van der Waals surface area contributed by atoms with Gasteiger partial charge in [-0.2, -0.15) is 0 Å². The topological polar surface area (TPSA) is 38.7 Å². The van der Waals surface area contributed by atoms with Crippen LogP contribution < -0.4 is 0 Å². The summed E-state index contributed by atoms with van der Waals surface area (Å²) in [5.41, 5.74) is 0.0249. The first-order valence-corrected chi connectivity index (χ1v) is 4.64. The van der Waals surface area contributed by atoms with Crippen molar-refractivity contribution in [1.29, 1.82) is 0 Å². The summed E-state index contributed by atoms with van der Waals surface area (Å²) >= 11 is 0. The molecule has 14 heavy (non-hydrogen) atoms. The molecule has 0 aromatic rings. The standard InChI is InChI=1S/C11H20O3/c1-6-11(4,12)8-7-10(9(2)3)14-13-5/h6,10,12H,1-2,7-8H2,3-5H3. The van der Waals surface area contributed by atoms with E-state index in [0.29, 0.717) is 12.8 Å². The van der Waals surface area contributed by atoms with E-state index in [2.05, 4.69) is 18.0 Å². The molecule has 0 radical (unpaired) electrons. The Bertz CT molecular complexity index is 197. The molecule has 0 saturated heterocycles. The van der Waals surface area contributed by atoms with E-state index in [9.17, 15) is 5.11 Å². The predicted octanol–water partition coefficient (Wildman–Crippen LogP) is 2.23. The lowest BCUT2D eigenvalue weighted by Gasteiger charge is -2.22. The lowest BCUT2D eigenvalue weighted by atomic mass is 9.96. The van der Waals surface area contributed by atoms with Crippen molar-refractivity contribution in [3.05, 3.63) is 24.8 Å². The molecular formula is C11H20O3. The van der Waals surface area contributed by atoms with Crippen molar-refractivity contribution in [2.75, 3.05) is 7.11 Å². The highest BCUT2D eigenvalue weighted by molar-refractivity contribution is 5.00. The van der Waals surface area contributed by atoms with Crippen LogP contribution >= 0.6 is 0 Å². The monoisotopic (exact) mass is 200 g/mol. The fraction of sp³-hybridized carbons (Fsp3) is 0.636. The Morgan fingerprint density at radius 3 is 2.57 bits per heavy atom. The van der Waals surface area contributed by atoms with Gasteiger partial charge in [-0.05, 0) is 32.3 Å². The molecule has 0 saturated carbocycles. The van der Waals surface area contributed by atoms with E-state index in [0.717, 1.165) is 5.57 Å². The zero-order valence-corrected chi connectivity index (χ0v) is 9.25. The van der Waals surface area contributed by atoms with E-state index in [1.807, 2.05) is 6.92 Å². The van der Waals surface area contributed by atoms with Gasteiger partial charge in [-0.25, -0.2) is 9.78 Å². The summed E-state index contributed by atoms with van der Waals surface area (Å²) in [7, 11) is 1.46. The zero-order valence-electron chi connectivity index (χ0n) is 9.25. The summed E-state index contributed by atoms with van der Waals surface area (Å²) in [6, 6.07) is 0. The maximum absolute atomic E-state index is 9.68. The molecule has 0 aliphatic rings. The predicted molar refractivity (Wildman–Crippen MR) is 56.8 cm³/mol. The molecule has 3 heteroatoms. The number of aliphatic hydroxyl groups is 1. The van der Waals surface area contributed by atoms with Crippen LogP contribution in [0.4, 0.5) is 0 Å². The highest BCUT2D eigenvalue weighted by atomic mass is 17.2. The second-order valence-corrected chi connectivity index (χ2v) is 3.70. The summed E-state index contributed by atoms with van der Waals surface area (Å²) in [6.07, 6.45) is 2.57. The van der Waals surface area contributed by atoms with E-state index in [-0.39, 0.29) is 6.10 Å². The first-order chi connectivity index (χ1) is 6.43. The van der Waals surface area contributed by atoms with Gasteiger partial charge in [0.05, 0.1) is 12.7 Å². The van der Waals surface area contributed by atoms with Crippen molar-refractivity contribution in [3.8, 4) is 0 Å². The van der Waals surface area contributed by atoms with Crippen LogP contribution in [-0.4, -0.2) is 23.9 Å². The third kappa shape index (κ3) is 5.17. The minimum Gasteiger partial charge on any atom is -0.386 e. The minimum absolute atomic E-state index is 0.175.